The van der Waals surface area contributed by atoms with Crippen LogP contribution in [0.2, 0.25) is 0 Å². The number of rotatable bonds is 5. The van der Waals surface area contributed by atoms with Crippen molar-refractivity contribution in [1.82, 2.24) is 5.32 Å². The second-order valence-corrected chi connectivity index (χ2v) is 4.38. The fourth-order valence-electron chi connectivity index (χ4n) is 1.50. The molecule has 3 nitrogen and oxygen atoms in total. The molecule has 5 heteroatoms. The molecule has 3 N–H and O–H groups in total. The number of nitrogens with two attached hydrogens (primary N) is 1. The predicted octanol–water partition coefficient (Wildman–Crippen LogP) is 2.21. The topological polar surface area (TPSA) is 55.1 Å². The molecule has 0 bridgehead atoms. The van der Waals surface area contributed by atoms with Gasteiger partial charge in [0.25, 0.3) is 5.91 Å². The molecule has 0 aliphatic carbocycles. The van der Waals surface area contributed by atoms with Gasteiger partial charge in [-0.25, -0.2) is 8.78 Å². The molecule has 1 rings (SSSR count). The van der Waals surface area contributed by atoms with Crippen LogP contribution < -0.4 is 11.1 Å². The van der Waals surface area contributed by atoms with Crippen LogP contribution in [0.25, 0.3) is 0 Å². The van der Waals surface area contributed by atoms with Crippen LogP contribution in [0.3, 0.4) is 0 Å². The number of hydrogen-bond acceptors (Lipinski definition) is 2. The molecule has 0 atom stereocenters. The third kappa shape index (κ3) is 3.50. The van der Waals surface area contributed by atoms with Crippen molar-refractivity contribution in [3.05, 3.63) is 35.4 Å². The summed E-state index contributed by atoms with van der Waals surface area (Å²) >= 11 is 0. The van der Waals surface area contributed by atoms with E-state index in [9.17, 15) is 13.6 Å². The first-order valence-corrected chi connectivity index (χ1v) is 5.94. The Morgan fingerprint density at radius 1 is 1.28 bits per heavy atom. The second-order valence-electron chi connectivity index (χ2n) is 4.38. The average molecular weight is 256 g/mol. The monoisotopic (exact) mass is 256 g/mol. The fraction of sp³-hybridized carbons (Fsp3) is 0.462. The van der Waals surface area contributed by atoms with Gasteiger partial charge in [-0.15, -0.1) is 0 Å². The standard InChI is InChI=1S/C13H18F2N2O/c1-3-13(16,4-2)8-17-12(18)9-5-6-10(14)11(15)7-9/h5-7H,3-4,8,16H2,1-2H3,(H,17,18). The first-order chi connectivity index (χ1) is 8.41. The molecule has 0 aliphatic heterocycles. The maximum atomic E-state index is 13.0. The van der Waals surface area contributed by atoms with Crippen molar-refractivity contribution in [2.75, 3.05) is 6.54 Å². The van der Waals surface area contributed by atoms with Crippen molar-refractivity contribution in [1.29, 1.82) is 0 Å². The highest BCUT2D eigenvalue weighted by Gasteiger charge is 2.21. The van der Waals surface area contributed by atoms with Crippen molar-refractivity contribution < 1.29 is 13.6 Å². The van der Waals surface area contributed by atoms with Gasteiger partial charge in [-0.2, -0.15) is 0 Å². The summed E-state index contributed by atoms with van der Waals surface area (Å²) < 4.78 is 25.7. The Labute approximate surface area is 105 Å². The maximum Gasteiger partial charge on any atom is 0.251 e. The van der Waals surface area contributed by atoms with Gasteiger partial charge in [-0.05, 0) is 31.0 Å². The molecule has 0 heterocycles. The second kappa shape index (κ2) is 5.91. The number of nitrogens with one attached hydrogen (secondary N) is 1. The molecule has 0 aliphatic rings. The largest absolute Gasteiger partial charge is 0.350 e. The minimum absolute atomic E-state index is 0.0865. The Kier molecular flexibility index (Phi) is 4.78. The zero-order valence-corrected chi connectivity index (χ0v) is 10.6. The van der Waals surface area contributed by atoms with Crippen LogP contribution in [0.15, 0.2) is 18.2 Å². The molecule has 0 saturated heterocycles. The Hall–Kier alpha value is -1.49. The number of benzene rings is 1. The summed E-state index contributed by atoms with van der Waals surface area (Å²) in [5, 5.41) is 2.64. The van der Waals surface area contributed by atoms with Gasteiger partial charge in [0.05, 0.1) is 0 Å². The van der Waals surface area contributed by atoms with Gasteiger partial charge in [-0.1, -0.05) is 13.8 Å². The zero-order valence-electron chi connectivity index (χ0n) is 10.6. The minimum atomic E-state index is -1.03. The highest BCUT2D eigenvalue weighted by molar-refractivity contribution is 5.94. The van der Waals surface area contributed by atoms with E-state index in [1.54, 1.807) is 0 Å². The summed E-state index contributed by atoms with van der Waals surface area (Å²) in [5.41, 5.74) is 5.65. The molecule has 1 amide bonds. The van der Waals surface area contributed by atoms with Crippen molar-refractivity contribution in [2.45, 2.75) is 32.2 Å². The number of hydrogen-bond donors (Lipinski definition) is 2. The third-order valence-electron chi connectivity index (χ3n) is 3.19. The van der Waals surface area contributed by atoms with E-state index >= 15 is 0 Å². The molecule has 0 unspecified atom stereocenters. The number of halogens is 2. The van der Waals surface area contributed by atoms with Gasteiger partial charge in [0.15, 0.2) is 11.6 Å². The van der Waals surface area contributed by atoms with Crippen LogP contribution >= 0.6 is 0 Å². The number of carbonyl (C=O) groups excluding carboxylic acids is 1. The zero-order chi connectivity index (χ0) is 13.8. The molecular weight excluding hydrogens is 238 g/mol. The average Bonchev–Trinajstić information content (AvgIpc) is 2.38. The van der Waals surface area contributed by atoms with E-state index in [0.29, 0.717) is 6.54 Å². The van der Waals surface area contributed by atoms with Crippen LogP contribution in [0.5, 0.6) is 0 Å². The number of amides is 1. The lowest BCUT2D eigenvalue weighted by Crippen LogP contribution is -2.49. The van der Waals surface area contributed by atoms with Crippen molar-refractivity contribution in [2.24, 2.45) is 5.73 Å². The van der Waals surface area contributed by atoms with Gasteiger partial charge in [0, 0.05) is 17.6 Å². The lowest BCUT2D eigenvalue weighted by atomic mass is 9.94. The Morgan fingerprint density at radius 2 is 1.89 bits per heavy atom. The summed E-state index contributed by atoms with van der Waals surface area (Å²) in [4.78, 5) is 11.7. The van der Waals surface area contributed by atoms with Crippen LogP contribution in [0, 0.1) is 11.6 Å². The van der Waals surface area contributed by atoms with Gasteiger partial charge in [0.1, 0.15) is 0 Å². The van der Waals surface area contributed by atoms with E-state index in [-0.39, 0.29) is 5.56 Å². The molecule has 100 valence electrons. The molecular formula is C13H18F2N2O. The normalized spacial score (nSPS) is 11.4. The SMILES string of the molecule is CCC(N)(CC)CNC(=O)c1ccc(F)c(F)c1. The summed E-state index contributed by atoms with van der Waals surface area (Å²) in [5.74, 6) is -2.46. The summed E-state index contributed by atoms with van der Waals surface area (Å²) in [6, 6.07) is 3.05. The van der Waals surface area contributed by atoms with E-state index in [4.69, 9.17) is 5.73 Å². The molecule has 0 spiro atoms. The molecule has 0 aromatic heterocycles. The minimum Gasteiger partial charge on any atom is -0.350 e. The highest BCUT2D eigenvalue weighted by atomic mass is 19.2. The van der Waals surface area contributed by atoms with Crippen LogP contribution in [-0.4, -0.2) is 18.0 Å². The van der Waals surface area contributed by atoms with E-state index in [1.807, 2.05) is 13.8 Å². The van der Waals surface area contributed by atoms with E-state index in [1.165, 1.54) is 6.07 Å². The van der Waals surface area contributed by atoms with Crippen molar-refractivity contribution in [3.63, 3.8) is 0 Å². The quantitative estimate of drug-likeness (QED) is 0.848. The lowest BCUT2D eigenvalue weighted by Gasteiger charge is -2.26. The van der Waals surface area contributed by atoms with E-state index < -0.39 is 23.1 Å². The summed E-state index contributed by atoms with van der Waals surface area (Å²) in [7, 11) is 0. The molecule has 18 heavy (non-hydrogen) atoms. The van der Waals surface area contributed by atoms with Gasteiger partial charge in [0.2, 0.25) is 0 Å². The molecule has 1 aromatic rings. The summed E-state index contributed by atoms with van der Waals surface area (Å²) in [6.07, 6.45) is 1.45. The van der Waals surface area contributed by atoms with E-state index in [0.717, 1.165) is 25.0 Å². The van der Waals surface area contributed by atoms with Crippen LogP contribution in [0.1, 0.15) is 37.0 Å². The maximum absolute atomic E-state index is 13.0. The third-order valence-corrected chi connectivity index (χ3v) is 3.19. The summed E-state index contributed by atoms with van der Waals surface area (Å²) in [6.45, 7) is 4.18. The number of carbonyl (C=O) groups is 1. The Balaban J connectivity index is 2.68. The predicted molar refractivity (Wildman–Crippen MR) is 66.2 cm³/mol. The Bertz CT molecular complexity index is 431. The Morgan fingerprint density at radius 3 is 2.39 bits per heavy atom. The fourth-order valence-corrected chi connectivity index (χ4v) is 1.50. The lowest BCUT2D eigenvalue weighted by molar-refractivity contribution is 0.0941. The van der Waals surface area contributed by atoms with Crippen molar-refractivity contribution >= 4 is 5.91 Å². The first kappa shape index (κ1) is 14.6. The first-order valence-electron chi connectivity index (χ1n) is 5.94. The van der Waals surface area contributed by atoms with E-state index in [2.05, 4.69) is 5.32 Å². The van der Waals surface area contributed by atoms with Crippen molar-refractivity contribution in [3.8, 4) is 0 Å². The van der Waals surface area contributed by atoms with Crippen LogP contribution in [0.4, 0.5) is 8.78 Å². The highest BCUT2D eigenvalue weighted by Crippen LogP contribution is 2.11. The van der Waals surface area contributed by atoms with Crippen LogP contribution in [-0.2, 0) is 0 Å². The molecule has 0 saturated carbocycles. The van der Waals surface area contributed by atoms with Gasteiger partial charge < -0.3 is 11.1 Å². The molecule has 1 aromatic carbocycles. The smallest absolute Gasteiger partial charge is 0.251 e. The molecule has 0 fully saturated rings. The van der Waals surface area contributed by atoms with Gasteiger partial charge >= 0.3 is 0 Å². The molecule has 0 radical (unpaired) electrons. The van der Waals surface area contributed by atoms with Gasteiger partial charge in [-0.3, -0.25) is 4.79 Å².